The molecule has 0 unspecified atom stereocenters. The molecule has 0 spiro atoms. The number of carbonyl (C=O) groups is 1. The maximum atomic E-state index is 12.6. The summed E-state index contributed by atoms with van der Waals surface area (Å²) < 4.78 is 11.4. The van der Waals surface area contributed by atoms with Gasteiger partial charge in [-0.2, -0.15) is 0 Å². The lowest BCUT2D eigenvalue weighted by molar-refractivity contribution is 0.0945. The Labute approximate surface area is 166 Å². The third kappa shape index (κ3) is 7.12. The topological polar surface area (TPSA) is 50.8 Å². The van der Waals surface area contributed by atoms with Crippen molar-refractivity contribution in [3.8, 4) is 11.5 Å². The van der Waals surface area contributed by atoms with Gasteiger partial charge in [-0.1, -0.05) is 23.7 Å². The number of hydrogen-bond acceptors (Lipinski definition) is 4. The first kappa shape index (κ1) is 21.1. The summed E-state index contributed by atoms with van der Waals surface area (Å²) in [4.78, 5) is 14.6. The van der Waals surface area contributed by atoms with Crippen LogP contribution in [0.3, 0.4) is 0 Å². The lowest BCUT2D eigenvalue weighted by atomic mass is 10.1. The summed E-state index contributed by atoms with van der Waals surface area (Å²) in [5.41, 5.74) is 1.41. The van der Waals surface area contributed by atoms with E-state index < -0.39 is 0 Å². The number of rotatable bonds is 9. The van der Waals surface area contributed by atoms with Crippen LogP contribution in [0, 0.1) is 0 Å². The summed E-state index contributed by atoms with van der Waals surface area (Å²) in [6.07, 6.45) is -0.0298. The molecule has 0 radical (unpaired) electrons. The van der Waals surface area contributed by atoms with Gasteiger partial charge >= 0.3 is 0 Å². The molecule has 2 rings (SSSR count). The number of likely N-dealkylation sites (N-methyl/N-ethyl adjacent to an activating group) is 1. The van der Waals surface area contributed by atoms with Crippen LogP contribution in [0.1, 0.15) is 29.8 Å². The smallest absolute Gasteiger partial charge is 0.255 e. The standard InChI is InChI=1S/C21H27ClN2O3/c1-15(2)27-20-10-7-17(22)13-19(20)21(25)23-14-16-5-8-18(9-6-16)26-12-11-24(3)4/h5-10,13,15H,11-12,14H2,1-4H3,(H,23,25). The van der Waals surface area contributed by atoms with Crippen molar-refractivity contribution in [1.29, 1.82) is 0 Å². The van der Waals surface area contributed by atoms with E-state index in [2.05, 4.69) is 10.2 Å². The van der Waals surface area contributed by atoms with Gasteiger partial charge in [-0.3, -0.25) is 4.79 Å². The van der Waals surface area contributed by atoms with E-state index in [9.17, 15) is 4.79 Å². The molecule has 6 heteroatoms. The highest BCUT2D eigenvalue weighted by atomic mass is 35.5. The first-order valence-electron chi connectivity index (χ1n) is 8.96. The highest BCUT2D eigenvalue weighted by Gasteiger charge is 2.14. The van der Waals surface area contributed by atoms with Crippen LogP contribution in [0.5, 0.6) is 11.5 Å². The van der Waals surface area contributed by atoms with Crippen LogP contribution in [-0.2, 0) is 6.54 Å². The predicted molar refractivity (Wildman–Crippen MR) is 109 cm³/mol. The molecule has 0 heterocycles. The van der Waals surface area contributed by atoms with Gasteiger partial charge in [0.2, 0.25) is 0 Å². The first-order valence-corrected chi connectivity index (χ1v) is 9.34. The molecule has 0 atom stereocenters. The molecule has 0 aliphatic rings. The van der Waals surface area contributed by atoms with Crippen molar-refractivity contribution in [1.82, 2.24) is 10.2 Å². The number of nitrogens with one attached hydrogen (secondary N) is 1. The van der Waals surface area contributed by atoms with Crippen LogP contribution in [0.2, 0.25) is 5.02 Å². The normalized spacial score (nSPS) is 10.9. The van der Waals surface area contributed by atoms with Crippen molar-refractivity contribution in [2.75, 3.05) is 27.2 Å². The summed E-state index contributed by atoms with van der Waals surface area (Å²) >= 11 is 6.04. The Morgan fingerprint density at radius 2 is 1.85 bits per heavy atom. The van der Waals surface area contributed by atoms with Crippen molar-refractivity contribution in [2.24, 2.45) is 0 Å². The first-order chi connectivity index (χ1) is 12.8. The maximum absolute atomic E-state index is 12.6. The lowest BCUT2D eigenvalue weighted by Crippen LogP contribution is -2.24. The molecule has 0 aliphatic heterocycles. The zero-order chi connectivity index (χ0) is 19.8. The van der Waals surface area contributed by atoms with E-state index in [1.165, 1.54) is 0 Å². The number of nitrogens with zero attached hydrogens (tertiary/aromatic N) is 1. The van der Waals surface area contributed by atoms with Gasteiger partial charge in [0.15, 0.2) is 0 Å². The van der Waals surface area contributed by atoms with Crippen molar-refractivity contribution in [2.45, 2.75) is 26.5 Å². The number of ether oxygens (including phenoxy) is 2. The number of benzene rings is 2. The van der Waals surface area contributed by atoms with E-state index >= 15 is 0 Å². The summed E-state index contributed by atoms with van der Waals surface area (Å²) in [6.45, 7) is 5.73. The van der Waals surface area contributed by atoms with Crippen LogP contribution in [0.25, 0.3) is 0 Å². The molecule has 1 amide bonds. The molecule has 1 N–H and O–H groups in total. The van der Waals surface area contributed by atoms with Crippen molar-refractivity contribution in [3.05, 3.63) is 58.6 Å². The minimum Gasteiger partial charge on any atom is -0.492 e. The average Bonchev–Trinajstić information content (AvgIpc) is 2.61. The third-order valence-corrected chi connectivity index (χ3v) is 3.97. The number of halogens is 1. The van der Waals surface area contributed by atoms with E-state index in [-0.39, 0.29) is 12.0 Å². The second-order valence-corrected chi connectivity index (χ2v) is 7.22. The van der Waals surface area contributed by atoms with E-state index in [1.807, 2.05) is 52.2 Å². The molecule has 0 aliphatic carbocycles. The minimum atomic E-state index is -0.223. The quantitative estimate of drug-likeness (QED) is 0.703. The Bertz CT molecular complexity index is 746. The van der Waals surface area contributed by atoms with E-state index in [0.29, 0.717) is 29.5 Å². The fourth-order valence-electron chi connectivity index (χ4n) is 2.36. The third-order valence-electron chi connectivity index (χ3n) is 3.73. The van der Waals surface area contributed by atoms with Gasteiger partial charge in [-0.15, -0.1) is 0 Å². The molecule has 146 valence electrons. The van der Waals surface area contributed by atoms with Gasteiger partial charge in [-0.25, -0.2) is 0 Å². The zero-order valence-electron chi connectivity index (χ0n) is 16.3. The van der Waals surface area contributed by atoms with Crippen LogP contribution < -0.4 is 14.8 Å². The Morgan fingerprint density at radius 1 is 1.15 bits per heavy atom. The monoisotopic (exact) mass is 390 g/mol. The molecule has 0 fully saturated rings. The van der Waals surface area contributed by atoms with Gasteiger partial charge < -0.3 is 19.7 Å². The molecule has 0 aromatic heterocycles. The number of amides is 1. The average molecular weight is 391 g/mol. The Morgan fingerprint density at radius 3 is 2.48 bits per heavy atom. The van der Waals surface area contributed by atoms with Crippen LogP contribution in [0.15, 0.2) is 42.5 Å². The van der Waals surface area contributed by atoms with Crippen LogP contribution in [-0.4, -0.2) is 44.2 Å². The summed E-state index contributed by atoms with van der Waals surface area (Å²) in [6, 6.07) is 12.7. The van der Waals surface area contributed by atoms with Crippen molar-refractivity contribution in [3.63, 3.8) is 0 Å². The maximum Gasteiger partial charge on any atom is 0.255 e. The second-order valence-electron chi connectivity index (χ2n) is 6.79. The van der Waals surface area contributed by atoms with Gasteiger partial charge in [0.1, 0.15) is 18.1 Å². The molecule has 0 saturated carbocycles. The van der Waals surface area contributed by atoms with Gasteiger partial charge in [0.05, 0.1) is 11.7 Å². The minimum absolute atomic E-state index is 0.0298. The highest BCUT2D eigenvalue weighted by Crippen LogP contribution is 2.24. The summed E-state index contributed by atoms with van der Waals surface area (Å²) in [5.74, 6) is 1.12. The molecule has 5 nitrogen and oxygen atoms in total. The second kappa shape index (κ2) is 10.2. The molecule has 0 saturated heterocycles. The predicted octanol–water partition coefficient (Wildman–Crippen LogP) is 4.00. The van der Waals surface area contributed by atoms with Gasteiger partial charge in [0, 0.05) is 18.1 Å². The molecule has 2 aromatic carbocycles. The Kier molecular flexibility index (Phi) is 7.95. The number of carbonyl (C=O) groups excluding carboxylic acids is 1. The highest BCUT2D eigenvalue weighted by molar-refractivity contribution is 6.31. The fourth-order valence-corrected chi connectivity index (χ4v) is 2.54. The zero-order valence-corrected chi connectivity index (χ0v) is 17.0. The lowest BCUT2D eigenvalue weighted by Gasteiger charge is -2.15. The van der Waals surface area contributed by atoms with Crippen molar-refractivity contribution < 1.29 is 14.3 Å². The largest absolute Gasteiger partial charge is 0.492 e. The summed E-state index contributed by atoms with van der Waals surface area (Å²) in [7, 11) is 4.01. The molecular weight excluding hydrogens is 364 g/mol. The van der Waals surface area contributed by atoms with E-state index in [1.54, 1.807) is 18.2 Å². The van der Waals surface area contributed by atoms with Gasteiger partial charge in [-0.05, 0) is 63.8 Å². The van der Waals surface area contributed by atoms with Gasteiger partial charge in [0.25, 0.3) is 5.91 Å². The molecule has 2 aromatic rings. The van der Waals surface area contributed by atoms with E-state index in [0.717, 1.165) is 17.9 Å². The Hall–Kier alpha value is -2.24. The van der Waals surface area contributed by atoms with Crippen LogP contribution in [0.4, 0.5) is 0 Å². The number of hydrogen-bond donors (Lipinski definition) is 1. The fraction of sp³-hybridized carbons (Fsp3) is 0.381. The molecular formula is C21H27ClN2O3. The summed E-state index contributed by atoms with van der Waals surface area (Å²) in [5, 5.41) is 3.40. The SMILES string of the molecule is CC(C)Oc1ccc(Cl)cc1C(=O)NCc1ccc(OCCN(C)C)cc1. The van der Waals surface area contributed by atoms with Crippen LogP contribution >= 0.6 is 11.6 Å². The molecule has 27 heavy (non-hydrogen) atoms. The molecule has 0 bridgehead atoms. The van der Waals surface area contributed by atoms with E-state index in [4.69, 9.17) is 21.1 Å². The Balaban J connectivity index is 1.94. The van der Waals surface area contributed by atoms with Crippen molar-refractivity contribution >= 4 is 17.5 Å².